The van der Waals surface area contributed by atoms with E-state index in [4.69, 9.17) is 9.26 Å². The predicted molar refractivity (Wildman–Crippen MR) is 72.8 cm³/mol. The Balaban J connectivity index is 1.89. The van der Waals surface area contributed by atoms with Crippen LogP contribution in [-0.2, 0) is 11.2 Å². The fourth-order valence-corrected chi connectivity index (χ4v) is 2.64. The Hall–Kier alpha value is -0.940. The Morgan fingerprint density at radius 1 is 1.42 bits per heavy atom. The van der Waals surface area contributed by atoms with Gasteiger partial charge in [-0.1, -0.05) is 32.9 Å². The molecule has 2 unspecified atom stereocenters. The second-order valence-corrected chi connectivity index (χ2v) is 6.70. The number of ether oxygens (including phenoxy) is 1. The van der Waals surface area contributed by atoms with Gasteiger partial charge in [0.2, 0.25) is 5.89 Å². The van der Waals surface area contributed by atoms with E-state index in [2.05, 4.69) is 43.2 Å². The molecule has 2 rings (SSSR count). The smallest absolute Gasteiger partial charge is 0.226 e. The first-order valence-electron chi connectivity index (χ1n) is 7.07. The molecule has 0 amide bonds. The quantitative estimate of drug-likeness (QED) is 0.907. The Kier molecular flexibility index (Phi) is 4.58. The molecule has 0 radical (unpaired) electrons. The van der Waals surface area contributed by atoms with Crippen molar-refractivity contribution in [1.82, 2.24) is 15.5 Å². The Morgan fingerprint density at radius 2 is 2.21 bits per heavy atom. The van der Waals surface area contributed by atoms with Gasteiger partial charge in [0.05, 0.1) is 19.3 Å². The van der Waals surface area contributed by atoms with E-state index in [0.29, 0.717) is 17.9 Å². The molecule has 1 N–H and O–H groups in total. The van der Waals surface area contributed by atoms with E-state index in [1.807, 2.05) is 0 Å². The van der Waals surface area contributed by atoms with Crippen molar-refractivity contribution in [3.05, 3.63) is 11.7 Å². The number of hydrogen-bond donors (Lipinski definition) is 1. The first-order valence-corrected chi connectivity index (χ1v) is 7.07. The molecule has 0 spiro atoms. The fourth-order valence-electron chi connectivity index (χ4n) is 2.64. The highest BCUT2D eigenvalue weighted by molar-refractivity contribution is 4.96. The van der Waals surface area contributed by atoms with Crippen LogP contribution in [0.3, 0.4) is 0 Å². The highest BCUT2D eigenvalue weighted by Gasteiger charge is 2.22. The highest BCUT2D eigenvalue weighted by Crippen LogP contribution is 2.26. The van der Waals surface area contributed by atoms with Gasteiger partial charge in [0.1, 0.15) is 0 Å². The SMILES string of the molecule is CC(Cc1nc(C2COCCN2)no1)CC(C)(C)C. The molecule has 108 valence electrons. The van der Waals surface area contributed by atoms with Crippen LogP contribution < -0.4 is 5.32 Å². The molecular weight excluding hydrogens is 242 g/mol. The van der Waals surface area contributed by atoms with Gasteiger partial charge < -0.3 is 14.6 Å². The molecule has 5 heteroatoms. The summed E-state index contributed by atoms with van der Waals surface area (Å²) in [6.07, 6.45) is 1.99. The molecule has 19 heavy (non-hydrogen) atoms. The third-order valence-electron chi connectivity index (χ3n) is 3.20. The molecule has 0 saturated carbocycles. The fraction of sp³-hybridized carbons (Fsp3) is 0.857. The maximum absolute atomic E-state index is 5.41. The number of morpholine rings is 1. The zero-order chi connectivity index (χ0) is 13.9. The molecule has 0 bridgehead atoms. The topological polar surface area (TPSA) is 60.2 Å². The highest BCUT2D eigenvalue weighted by atomic mass is 16.5. The van der Waals surface area contributed by atoms with Crippen LogP contribution >= 0.6 is 0 Å². The third-order valence-corrected chi connectivity index (χ3v) is 3.20. The average Bonchev–Trinajstić information content (AvgIpc) is 2.76. The minimum Gasteiger partial charge on any atom is -0.378 e. The predicted octanol–water partition coefficient (Wildman–Crippen LogP) is 2.35. The van der Waals surface area contributed by atoms with E-state index in [0.717, 1.165) is 37.7 Å². The van der Waals surface area contributed by atoms with E-state index in [9.17, 15) is 0 Å². The van der Waals surface area contributed by atoms with Crippen molar-refractivity contribution < 1.29 is 9.26 Å². The molecule has 1 fully saturated rings. The van der Waals surface area contributed by atoms with Crippen LogP contribution in [0, 0.1) is 11.3 Å². The Labute approximate surface area is 115 Å². The molecule has 0 aliphatic carbocycles. The van der Waals surface area contributed by atoms with Crippen molar-refractivity contribution >= 4 is 0 Å². The molecule has 1 aromatic heterocycles. The normalized spacial score (nSPS) is 22.4. The number of aromatic nitrogens is 2. The summed E-state index contributed by atoms with van der Waals surface area (Å²) in [7, 11) is 0. The van der Waals surface area contributed by atoms with Crippen LogP contribution in [0.5, 0.6) is 0 Å². The van der Waals surface area contributed by atoms with Crippen molar-refractivity contribution in [2.45, 2.75) is 46.6 Å². The van der Waals surface area contributed by atoms with Gasteiger partial charge >= 0.3 is 0 Å². The summed E-state index contributed by atoms with van der Waals surface area (Å²) in [6.45, 7) is 11.2. The van der Waals surface area contributed by atoms with E-state index in [1.54, 1.807) is 0 Å². The van der Waals surface area contributed by atoms with Crippen molar-refractivity contribution in [2.75, 3.05) is 19.8 Å². The van der Waals surface area contributed by atoms with Crippen LogP contribution in [0.4, 0.5) is 0 Å². The van der Waals surface area contributed by atoms with Crippen molar-refractivity contribution in [3.63, 3.8) is 0 Å². The minimum absolute atomic E-state index is 0.0733. The van der Waals surface area contributed by atoms with E-state index < -0.39 is 0 Å². The standard InChI is InChI=1S/C14H25N3O2/c1-10(8-14(2,3)4)7-12-16-13(17-19-12)11-9-18-6-5-15-11/h10-11,15H,5-9H2,1-4H3. The largest absolute Gasteiger partial charge is 0.378 e. The summed E-state index contributed by atoms with van der Waals surface area (Å²) in [5, 5.41) is 7.39. The lowest BCUT2D eigenvalue weighted by Gasteiger charge is -2.22. The van der Waals surface area contributed by atoms with E-state index in [1.165, 1.54) is 0 Å². The average molecular weight is 267 g/mol. The zero-order valence-corrected chi connectivity index (χ0v) is 12.4. The Bertz CT molecular complexity index is 392. The molecule has 1 aromatic rings. The van der Waals surface area contributed by atoms with Crippen LogP contribution in [0.25, 0.3) is 0 Å². The monoisotopic (exact) mass is 267 g/mol. The second-order valence-electron chi connectivity index (χ2n) is 6.70. The van der Waals surface area contributed by atoms with Crippen molar-refractivity contribution in [3.8, 4) is 0 Å². The molecule has 5 nitrogen and oxygen atoms in total. The first-order chi connectivity index (χ1) is 8.94. The maximum Gasteiger partial charge on any atom is 0.226 e. The van der Waals surface area contributed by atoms with Gasteiger partial charge in [-0.3, -0.25) is 0 Å². The molecular formula is C14H25N3O2. The zero-order valence-electron chi connectivity index (χ0n) is 12.4. The van der Waals surface area contributed by atoms with Crippen LogP contribution in [-0.4, -0.2) is 29.9 Å². The van der Waals surface area contributed by atoms with Crippen LogP contribution in [0.2, 0.25) is 0 Å². The van der Waals surface area contributed by atoms with Gasteiger partial charge in [0.15, 0.2) is 5.82 Å². The van der Waals surface area contributed by atoms with Gasteiger partial charge in [-0.15, -0.1) is 0 Å². The summed E-state index contributed by atoms with van der Waals surface area (Å²) in [5.74, 6) is 2.00. The molecule has 0 aromatic carbocycles. The second kappa shape index (κ2) is 6.01. The van der Waals surface area contributed by atoms with Crippen LogP contribution in [0.1, 0.15) is 51.9 Å². The maximum atomic E-state index is 5.41. The summed E-state index contributed by atoms with van der Waals surface area (Å²) in [6, 6.07) is 0.0733. The number of rotatable bonds is 4. The Morgan fingerprint density at radius 3 is 2.84 bits per heavy atom. The third kappa shape index (κ3) is 4.58. The van der Waals surface area contributed by atoms with Crippen molar-refractivity contribution in [2.24, 2.45) is 11.3 Å². The number of hydrogen-bond acceptors (Lipinski definition) is 5. The summed E-state index contributed by atoms with van der Waals surface area (Å²) in [4.78, 5) is 4.48. The van der Waals surface area contributed by atoms with Crippen molar-refractivity contribution in [1.29, 1.82) is 0 Å². The summed E-state index contributed by atoms with van der Waals surface area (Å²) in [5.41, 5.74) is 0.334. The summed E-state index contributed by atoms with van der Waals surface area (Å²) < 4.78 is 10.8. The van der Waals surface area contributed by atoms with Gasteiger partial charge in [-0.05, 0) is 17.8 Å². The lowest BCUT2D eigenvalue weighted by Crippen LogP contribution is -2.35. The molecule has 2 heterocycles. The lowest BCUT2D eigenvalue weighted by atomic mass is 9.84. The van der Waals surface area contributed by atoms with Gasteiger partial charge in [-0.25, -0.2) is 0 Å². The van der Waals surface area contributed by atoms with E-state index >= 15 is 0 Å². The molecule has 1 aliphatic heterocycles. The van der Waals surface area contributed by atoms with Gasteiger partial charge in [-0.2, -0.15) is 4.98 Å². The first kappa shape index (κ1) is 14.5. The minimum atomic E-state index is 0.0733. The van der Waals surface area contributed by atoms with E-state index in [-0.39, 0.29) is 6.04 Å². The summed E-state index contributed by atoms with van der Waals surface area (Å²) >= 11 is 0. The molecule has 1 aliphatic rings. The van der Waals surface area contributed by atoms with Crippen LogP contribution in [0.15, 0.2) is 4.52 Å². The van der Waals surface area contributed by atoms with Gasteiger partial charge in [0.25, 0.3) is 0 Å². The van der Waals surface area contributed by atoms with Gasteiger partial charge in [0, 0.05) is 13.0 Å². The molecule has 2 atom stereocenters. The number of nitrogens with one attached hydrogen (secondary N) is 1. The molecule has 1 saturated heterocycles. The lowest BCUT2D eigenvalue weighted by molar-refractivity contribution is 0.0734. The number of nitrogens with zero attached hydrogens (tertiary/aromatic N) is 2.